The molecule has 0 saturated carbocycles. The Labute approximate surface area is 137 Å². The first-order valence-corrected chi connectivity index (χ1v) is 7.64. The second-order valence-electron chi connectivity index (χ2n) is 5.23. The predicted octanol–water partition coefficient (Wildman–Crippen LogP) is 1.58. The van der Waals surface area contributed by atoms with Gasteiger partial charge >= 0.3 is 0 Å². The molecule has 0 radical (unpaired) electrons. The van der Waals surface area contributed by atoms with Gasteiger partial charge in [-0.15, -0.1) is 0 Å². The number of nitrogens with zero attached hydrogens (tertiary/aromatic N) is 4. The maximum atomic E-state index is 10.1. The van der Waals surface area contributed by atoms with Crippen LogP contribution in [0.3, 0.4) is 0 Å². The number of H-pyrrole nitrogens is 1. The van der Waals surface area contributed by atoms with Crippen LogP contribution in [0, 0.1) is 11.7 Å². The van der Waals surface area contributed by atoms with Crippen LogP contribution in [0.15, 0.2) is 11.3 Å². The maximum absolute atomic E-state index is 10.1. The molecule has 2 aromatic heterocycles. The zero-order valence-corrected chi connectivity index (χ0v) is 13.4. The molecule has 0 spiro atoms. The lowest BCUT2D eigenvalue weighted by molar-refractivity contribution is 0.102. The van der Waals surface area contributed by atoms with E-state index in [-0.39, 0.29) is 18.5 Å². The van der Waals surface area contributed by atoms with Crippen molar-refractivity contribution in [2.75, 3.05) is 6.61 Å². The molecule has 1 saturated heterocycles. The van der Waals surface area contributed by atoms with Crippen LogP contribution in [0.25, 0.3) is 0 Å². The second-order valence-corrected chi connectivity index (χ2v) is 5.62. The van der Waals surface area contributed by atoms with E-state index in [2.05, 4.69) is 20.3 Å². The van der Waals surface area contributed by atoms with Crippen LogP contribution in [0.2, 0.25) is 0 Å². The highest BCUT2D eigenvalue weighted by molar-refractivity contribution is 7.71. The average molecular weight is 335 g/mol. The third-order valence-corrected chi connectivity index (χ3v) is 3.99. The summed E-state index contributed by atoms with van der Waals surface area (Å²) in [6.45, 7) is 2.11. The Kier molecular flexibility index (Phi) is 4.51. The predicted molar refractivity (Wildman–Crippen MR) is 84.9 cm³/mol. The Morgan fingerprint density at radius 3 is 3.13 bits per heavy atom. The van der Waals surface area contributed by atoms with Gasteiger partial charge in [0.05, 0.1) is 18.5 Å². The first kappa shape index (κ1) is 15.8. The van der Waals surface area contributed by atoms with Crippen molar-refractivity contribution in [2.45, 2.75) is 32.5 Å². The molecule has 1 fully saturated rings. The summed E-state index contributed by atoms with van der Waals surface area (Å²) < 4.78 is 7.42. The van der Waals surface area contributed by atoms with E-state index in [0.717, 1.165) is 12.8 Å². The summed E-state index contributed by atoms with van der Waals surface area (Å²) in [5.41, 5.74) is 1.34. The Bertz CT molecular complexity index is 792. The van der Waals surface area contributed by atoms with E-state index in [4.69, 9.17) is 17.0 Å². The molecule has 3 rings (SSSR count). The van der Waals surface area contributed by atoms with Crippen molar-refractivity contribution < 1.29 is 14.9 Å². The van der Waals surface area contributed by atoms with E-state index in [1.807, 2.05) is 0 Å². The lowest BCUT2D eigenvalue weighted by Gasteiger charge is -2.09. The number of aliphatic hydroxyl groups excluding tert-OH is 1. The van der Waals surface area contributed by atoms with Gasteiger partial charge in [-0.1, -0.05) is 0 Å². The first-order valence-electron chi connectivity index (χ1n) is 7.23. The number of ether oxygens (including phenoxy) is 1. The SMILES string of the molecule is Cc1ncc(CO)c(/C=N/n2c([C@H]3CCCO3)n[nH]c2=S)c1O. The highest BCUT2D eigenvalue weighted by Gasteiger charge is 2.23. The summed E-state index contributed by atoms with van der Waals surface area (Å²) in [5.74, 6) is 0.577. The van der Waals surface area contributed by atoms with Crippen molar-refractivity contribution in [3.05, 3.63) is 33.6 Å². The summed E-state index contributed by atoms with van der Waals surface area (Å²) in [6, 6.07) is 0. The fourth-order valence-electron chi connectivity index (χ4n) is 2.44. The number of aromatic hydroxyl groups is 1. The van der Waals surface area contributed by atoms with Crippen LogP contribution < -0.4 is 0 Å². The van der Waals surface area contributed by atoms with E-state index in [9.17, 15) is 10.2 Å². The van der Waals surface area contributed by atoms with Crippen LogP contribution in [-0.2, 0) is 11.3 Å². The molecule has 0 aromatic carbocycles. The van der Waals surface area contributed by atoms with E-state index >= 15 is 0 Å². The lowest BCUT2D eigenvalue weighted by atomic mass is 10.1. The molecule has 122 valence electrons. The quantitative estimate of drug-likeness (QED) is 0.578. The molecule has 0 aliphatic carbocycles. The molecule has 0 unspecified atom stereocenters. The minimum absolute atomic E-state index is 0.0195. The van der Waals surface area contributed by atoms with E-state index in [1.165, 1.54) is 17.1 Å². The van der Waals surface area contributed by atoms with Crippen LogP contribution in [-0.4, -0.2) is 42.9 Å². The Morgan fingerprint density at radius 2 is 2.43 bits per heavy atom. The third kappa shape index (κ3) is 3.03. The van der Waals surface area contributed by atoms with E-state index in [1.54, 1.807) is 6.92 Å². The number of aryl methyl sites for hydroxylation is 1. The van der Waals surface area contributed by atoms with E-state index in [0.29, 0.717) is 34.0 Å². The summed E-state index contributed by atoms with van der Waals surface area (Å²) in [4.78, 5) is 4.02. The number of rotatable bonds is 4. The number of aliphatic hydroxyl groups is 1. The van der Waals surface area contributed by atoms with Crippen molar-refractivity contribution in [1.29, 1.82) is 0 Å². The van der Waals surface area contributed by atoms with Crippen LogP contribution in [0.5, 0.6) is 5.75 Å². The van der Waals surface area contributed by atoms with Gasteiger partial charge in [0.25, 0.3) is 0 Å². The number of aromatic amines is 1. The van der Waals surface area contributed by atoms with Crippen molar-refractivity contribution in [3.63, 3.8) is 0 Å². The number of nitrogens with one attached hydrogen (secondary N) is 1. The number of hydrogen-bond acceptors (Lipinski definition) is 7. The van der Waals surface area contributed by atoms with Gasteiger partial charge in [0.2, 0.25) is 4.77 Å². The third-order valence-electron chi connectivity index (χ3n) is 3.72. The summed E-state index contributed by atoms with van der Waals surface area (Å²) in [7, 11) is 0. The molecule has 0 amide bonds. The van der Waals surface area contributed by atoms with Gasteiger partial charge < -0.3 is 14.9 Å². The topological polar surface area (TPSA) is 109 Å². The zero-order valence-electron chi connectivity index (χ0n) is 12.6. The molecule has 1 aliphatic heterocycles. The van der Waals surface area contributed by atoms with Crippen LogP contribution in [0.1, 0.15) is 41.6 Å². The monoisotopic (exact) mass is 335 g/mol. The van der Waals surface area contributed by atoms with Crippen molar-refractivity contribution in [2.24, 2.45) is 5.10 Å². The van der Waals surface area contributed by atoms with Crippen molar-refractivity contribution >= 4 is 18.4 Å². The van der Waals surface area contributed by atoms with Gasteiger partial charge in [0.1, 0.15) is 11.9 Å². The minimum Gasteiger partial charge on any atom is -0.505 e. The standard InChI is InChI=1S/C14H17N5O3S/c1-8-12(21)10(9(7-20)5-15-8)6-16-19-13(17-18-14(19)23)11-3-2-4-22-11/h5-6,11,20-21H,2-4,7H2,1H3,(H,18,23)/b16-6+/t11-/m1/s1. The minimum atomic E-state index is -0.252. The fraction of sp³-hybridized carbons (Fsp3) is 0.429. The molecular formula is C14H17N5O3S. The first-order chi connectivity index (χ1) is 11.1. The normalized spacial score (nSPS) is 18.1. The van der Waals surface area contributed by atoms with Gasteiger partial charge in [-0.2, -0.15) is 14.9 Å². The highest BCUT2D eigenvalue weighted by atomic mass is 32.1. The maximum Gasteiger partial charge on any atom is 0.216 e. The Hall–Kier alpha value is -2.10. The lowest BCUT2D eigenvalue weighted by Crippen LogP contribution is -2.06. The highest BCUT2D eigenvalue weighted by Crippen LogP contribution is 2.27. The average Bonchev–Trinajstić information content (AvgIpc) is 3.18. The number of aromatic nitrogens is 4. The van der Waals surface area contributed by atoms with Crippen molar-refractivity contribution in [3.8, 4) is 5.75 Å². The fourth-order valence-corrected chi connectivity index (χ4v) is 2.63. The van der Waals surface area contributed by atoms with Gasteiger partial charge in [0, 0.05) is 23.9 Å². The molecule has 23 heavy (non-hydrogen) atoms. The number of pyridine rings is 1. The second kappa shape index (κ2) is 6.57. The zero-order chi connectivity index (χ0) is 16.4. The molecular weight excluding hydrogens is 318 g/mol. The molecule has 9 heteroatoms. The smallest absolute Gasteiger partial charge is 0.216 e. The number of hydrogen-bond donors (Lipinski definition) is 3. The van der Waals surface area contributed by atoms with Gasteiger partial charge in [-0.25, -0.2) is 0 Å². The summed E-state index contributed by atoms with van der Waals surface area (Å²) in [6.07, 6.45) is 4.62. The van der Waals surface area contributed by atoms with Crippen LogP contribution in [0.4, 0.5) is 0 Å². The molecule has 3 heterocycles. The Morgan fingerprint density at radius 1 is 1.61 bits per heavy atom. The van der Waals surface area contributed by atoms with Crippen LogP contribution >= 0.6 is 12.2 Å². The molecule has 0 bridgehead atoms. The van der Waals surface area contributed by atoms with Gasteiger partial charge in [-0.3, -0.25) is 10.1 Å². The van der Waals surface area contributed by atoms with E-state index < -0.39 is 0 Å². The molecule has 3 N–H and O–H groups in total. The van der Waals surface area contributed by atoms with Gasteiger partial charge in [-0.05, 0) is 32.0 Å². The molecule has 2 aromatic rings. The Balaban J connectivity index is 2.00. The van der Waals surface area contributed by atoms with Gasteiger partial charge in [0.15, 0.2) is 5.82 Å². The molecule has 8 nitrogen and oxygen atoms in total. The largest absolute Gasteiger partial charge is 0.505 e. The summed E-state index contributed by atoms with van der Waals surface area (Å²) >= 11 is 5.19. The van der Waals surface area contributed by atoms with Crippen molar-refractivity contribution in [1.82, 2.24) is 19.9 Å². The molecule has 1 atom stereocenters. The molecule has 1 aliphatic rings. The summed E-state index contributed by atoms with van der Waals surface area (Å²) in [5, 5.41) is 30.7.